The Balaban J connectivity index is 2.34. The minimum Gasteiger partial charge on any atom is -0.462 e. The van der Waals surface area contributed by atoms with Gasteiger partial charge in [0.15, 0.2) is 0 Å². The van der Waals surface area contributed by atoms with Gasteiger partial charge in [-0.15, -0.1) is 20.2 Å². The Labute approximate surface area is 208 Å². The Morgan fingerprint density at radius 1 is 0.919 bits per heavy atom. The van der Waals surface area contributed by atoms with Crippen LogP contribution in [0.4, 0.5) is 5.69 Å². The lowest BCUT2D eigenvalue weighted by molar-refractivity contribution is -0.757. The van der Waals surface area contributed by atoms with Crippen molar-refractivity contribution in [3.8, 4) is 0 Å². The quantitative estimate of drug-likeness (QED) is 0.149. The number of carbonyl (C=O) groups excluding carboxylic acids is 2. The van der Waals surface area contributed by atoms with Crippen LogP contribution in [0.15, 0.2) is 46.9 Å². The molecule has 0 fully saturated rings. The summed E-state index contributed by atoms with van der Waals surface area (Å²) in [6, 6.07) is 5.18. The molecule has 0 bridgehead atoms. The number of nitrogens with zero attached hydrogens (tertiary/aromatic N) is 3. The molecule has 17 heteroatoms. The second-order valence-electron chi connectivity index (χ2n) is 7.37. The van der Waals surface area contributed by atoms with Crippen molar-refractivity contribution in [3.63, 3.8) is 0 Å². The van der Waals surface area contributed by atoms with E-state index in [1.54, 1.807) is 0 Å². The van der Waals surface area contributed by atoms with Gasteiger partial charge in [0.1, 0.15) is 5.82 Å². The summed E-state index contributed by atoms with van der Waals surface area (Å²) in [6.07, 6.45) is -0.0299. The molecule has 3 N–H and O–H groups in total. The van der Waals surface area contributed by atoms with E-state index in [-0.39, 0.29) is 73.2 Å². The number of nitrogens with two attached hydrogens (primary N) is 1. The molecule has 1 aromatic rings. The van der Waals surface area contributed by atoms with Gasteiger partial charge in [0.2, 0.25) is 0 Å². The zero-order valence-electron chi connectivity index (χ0n) is 19.4. The Hall–Kier alpha value is -4.96. The molecule has 0 spiro atoms. The minimum absolute atomic E-state index is 0.00690. The SMILES string of the molecule is CC1=C(C(=O)OCCCO[N+](=O)[O-])C(c2cccc([N+](=O)[O-])c2)C(C(=O)OCCCO[N+](=O)[O-])=C(N)N1. The summed E-state index contributed by atoms with van der Waals surface area (Å²) < 4.78 is 10.3. The lowest BCUT2D eigenvalue weighted by atomic mass is 9.81. The average molecular weight is 525 g/mol. The molecular formula is C20H23N5O12. The number of carbonyl (C=O) groups is 2. The van der Waals surface area contributed by atoms with E-state index in [0.717, 1.165) is 6.07 Å². The number of rotatable bonds is 14. The summed E-state index contributed by atoms with van der Waals surface area (Å²) in [5, 5.41) is 32.5. The molecule has 0 saturated carbocycles. The fourth-order valence-corrected chi connectivity index (χ4v) is 3.38. The van der Waals surface area contributed by atoms with Crippen LogP contribution in [-0.2, 0) is 28.7 Å². The number of nitro groups is 1. The van der Waals surface area contributed by atoms with E-state index >= 15 is 0 Å². The number of ether oxygens (including phenoxy) is 2. The normalized spacial score (nSPS) is 14.9. The first-order chi connectivity index (χ1) is 17.5. The second kappa shape index (κ2) is 13.2. The van der Waals surface area contributed by atoms with Gasteiger partial charge in [-0.3, -0.25) is 10.1 Å². The van der Waals surface area contributed by atoms with E-state index in [1.807, 2.05) is 0 Å². The third-order valence-corrected chi connectivity index (χ3v) is 4.88. The summed E-state index contributed by atoms with van der Waals surface area (Å²) in [6.45, 7) is 0.263. The number of dihydropyridines is 1. The molecule has 0 aromatic heterocycles. The third-order valence-electron chi connectivity index (χ3n) is 4.88. The van der Waals surface area contributed by atoms with E-state index < -0.39 is 33.0 Å². The van der Waals surface area contributed by atoms with E-state index in [0.29, 0.717) is 0 Å². The zero-order valence-corrected chi connectivity index (χ0v) is 19.4. The first-order valence-corrected chi connectivity index (χ1v) is 10.6. The number of nitrogens with one attached hydrogen (secondary N) is 1. The van der Waals surface area contributed by atoms with Crippen LogP contribution in [0.1, 0.15) is 31.2 Å². The number of hydrogen-bond donors (Lipinski definition) is 2. The van der Waals surface area contributed by atoms with Crippen LogP contribution in [0.2, 0.25) is 0 Å². The monoisotopic (exact) mass is 525 g/mol. The summed E-state index contributed by atoms with van der Waals surface area (Å²) in [7, 11) is 0. The molecule has 1 aliphatic heterocycles. The van der Waals surface area contributed by atoms with Gasteiger partial charge in [-0.1, -0.05) is 12.1 Å². The summed E-state index contributed by atoms with van der Waals surface area (Å²) in [4.78, 5) is 65.5. The number of nitro benzene ring substituents is 1. The Morgan fingerprint density at radius 3 is 1.97 bits per heavy atom. The molecule has 0 amide bonds. The van der Waals surface area contributed by atoms with Gasteiger partial charge in [-0.2, -0.15) is 0 Å². The smallest absolute Gasteiger partial charge is 0.338 e. The number of benzene rings is 1. The van der Waals surface area contributed by atoms with Crippen LogP contribution >= 0.6 is 0 Å². The molecule has 1 aromatic carbocycles. The van der Waals surface area contributed by atoms with Crippen LogP contribution < -0.4 is 11.1 Å². The topological polar surface area (TPSA) is 239 Å². The lowest BCUT2D eigenvalue weighted by Crippen LogP contribution is -2.36. The molecule has 17 nitrogen and oxygen atoms in total. The molecule has 0 saturated heterocycles. The van der Waals surface area contributed by atoms with Crippen molar-refractivity contribution >= 4 is 17.6 Å². The number of non-ortho nitro benzene ring substituents is 1. The molecule has 200 valence electrons. The van der Waals surface area contributed by atoms with Crippen LogP contribution in [0.25, 0.3) is 0 Å². The molecule has 1 atom stereocenters. The molecule has 0 aliphatic carbocycles. The highest BCUT2D eigenvalue weighted by molar-refractivity contribution is 5.99. The van der Waals surface area contributed by atoms with Crippen LogP contribution in [0.3, 0.4) is 0 Å². The summed E-state index contributed by atoms with van der Waals surface area (Å²) in [5.41, 5.74) is 5.73. The molecule has 0 radical (unpaired) electrons. The Morgan fingerprint density at radius 2 is 1.46 bits per heavy atom. The van der Waals surface area contributed by atoms with Gasteiger partial charge in [-0.05, 0) is 12.5 Å². The van der Waals surface area contributed by atoms with E-state index in [1.165, 1.54) is 25.1 Å². The van der Waals surface area contributed by atoms with Crippen molar-refractivity contribution in [2.45, 2.75) is 25.7 Å². The largest absolute Gasteiger partial charge is 0.462 e. The zero-order chi connectivity index (χ0) is 27.5. The van der Waals surface area contributed by atoms with Crippen molar-refractivity contribution in [2.24, 2.45) is 5.73 Å². The van der Waals surface area contributed by atoms with E-state index in [4.69, 9.17) is 15.2 Å². The molecular weight excluding hydrogens is 502 g/mol. The second-order valence-corrected chi connectivity index (χ2v) is 7.37. The fourth-order valence-electron chi connectivity index (χ4n) is 3.38. The van der Waals surface area contributed by atoms with Crippen molar-refractivity contribution < 1.29 is 43.8 Å². The lowest BCUT2D eigenvalue weighted by Gasteiger charge is -2.30. The van der Waals surface area contributed by atoms with Crippen LogP contribution in [0.5, 0.6) is 0 Å². The predicted octanol–water partition coefficient (Wildman–Crippen LogP) is 1.01. The molecule has 2 rings (SSSR count). The van der Waals surface area contributed by atoms with Gasteiger partial charge in [0.05, 0.1) is 48.4 Å². The minimum atomic E-state index is -1.24. The highest BCUT2D eigenvalue weighted by atomic mass is 17.0. The highest BCUT2D eigenvalue weighted by Crippen LogP contribution is 2.39. The first kappa shape index (κ1) is 28.3. The summed E-state index contributed by atoms with van der Waals surface area (Å²) >= 11 is 0. The number of esters is 2. The van der Waals surface area contributed by atoms with Gasteiger partial charge in [-0.25, -0.2) is 9.59 Å². The molecule has 1 heterocycles. The van der Waals surface area contributed by atoms with Crippen molar-refractivity contribution in [1.82, 2.24) is 5.32 Å². The van der Waals surface area contributed by atoms with Crippen LogP contribution in [-0.4, -0.2) is 53.5 Å². The van der Waals surface area contributed by atoms with Crippen molar-refractivity contribution in [1.29, 1.82) is 0 Å². The third kappa shape index (κ3) is 8.05. The maximum Gasteiger partial charge on any atom is 0.338 e. The number of hydrogen-bond acceptors (Lipinski definition) is 14. The van der Waals surface area contributed by atoms with Crippen LogP contribution in [0, 0.1) is 30.3 Å². The van der Waals surface area contributed by atoms with Gasteiger partial charge < -0.3 is 30.2 Å². The fraction of sp³-hybridized carbons (Fsp3) is 0.400. The Kier molecular flexibility index (Phi) is 10.1. The van der Waals surface area contributed by atoms with Crippen molar-refractivity contribution in [3.05, 3.63) is 82.8 Å². The summed E-state index contributed by atoms with van der Waals surface area (Å²) in [5.74, 6) is -3.33. The highest BCUT2D eigenvalue weighted by Gasteiger charge is 2.39. The average Bonchev–Trinajstić information content (AvgIpc) is 2.82. The standard InChI is InChI=1S/C20H23N5O12/c1-12-15(19(26)34-7-3-9-36-24(30)31)16(13-5-2-6-14(11-13)23(28)29)17(18(21)22-12)20(27)35-8-4-10-37-25(32)33/h2,5-6,11,16,22H,3-4,7-10,21H2,1H3. The number of allylic oxidation sites excluding steroid dienone is 1. The maximum absolute atomic E-state index is 13.0. The van der Waals surface area contributed by atoms with E-state index in [2.05, 4.69) is 15.0 Å². The van der Waals surface area contributed by atoms with Crippen molar-refractivity contribution in [2.75, 3.05) is 26.4 Å². The van der Waals surface area contributed by atoms with E-state index in [9.17, 15) is 39.9 Å². The predicted molar refractivity (Wildman–Crippen MR) is 120 cm³/mol. The first-order valence-electron chi connectivity index (χ1n) is 10.6. The molecule has 1 aliphatic rings. The molecule has 37 heavy (non-hydrogen) atoms. The maximum atomic E-state index is 13.0. The van der Waals surface area contributed by atoms with Gasteiger partial charge in [0.25, 0.3) is 15.9 Å². The van der Waals surface area contributed by atoms with Gasteiger partial charge >= 0.3 is 11.9 Å². The molecule has 1 unspecified atom stereocenters. The Bertz CT molecular complexity index is 1070. The van der Waals surface area contributed by atoms with Gasteiger partial charge in [0, 0.05) is 30.7 Å².